The highest BCUT2D eigenvalue weighted by Gasteiger charge is 2.21. The van der Waals surface area contributed by atoms with Gasteiger partial charge in [-0.1, -0.05) is 24.3 Å². The fourth-order valence-electron chi connectivity index (χ4n) is 2.85. The van der Waals surface area contributed by atoms with E-state index in [1.807, 2.05) is 0 Å². The minimum atomic E-state index is 0.00266. The first-order chi connectivity index (χ1) is 10.6. The molecule has 1 aliphatic heterocycles. The summed E-state index contributed by atoms with van der Waals surface area (Å²) in [5, 5.41) is 2.87. The predicted molar refractivity (Wildman–Crippen MR) is 87.2 cm³/mol. The lowest BCUT2D eigenvalue weighted by molar-refractivity contribution is -0.121. The van der Waals surface area contributed by atoms with Crippen molar-refractivity contribution in [2.45, 2.75) is 45.6 Å². The van der Waals surface area contributed by atoms with Crippen LogP contribution in [0.5, 0.6) is 0 Å². The molecule has 122 valence electrons. The van der Waals surface area contributed by atoms with E-state index in [0.717, 1.165) is 25.2 Å². The second-order valence-corrected chi connectivity index (χ2v) is 6.08. The number of carbonyl (C=O) groups excluding carboxylic acids is 1. The average Bonchev–Trinajstić information content (AvgIpc) is 2.46. The van der Waals surface area contributed by atoms with Gasteiger partial charge in [-0.2, -0.15) is 0 Å². The van der Waals surface area contributed by atoms with Crippen LogP contribution in [0.25, 0.3) is 0 Å². The molecule has 1 fully saturated rings. The first-order valence-electron chi connectivity index (χ1n) is 7.99. The van der Waals surface area contributed by atoms with Crippen molar-refractivity contribution in [3.05, 3.63) is 35.4 Å². The van der Waals surface area contributed by atoms with Crippen molar-refractivity contribution < 1.29 is 9.53 Å². The van der Waals surface area contributed by atoms with Crippen molar-refractivity contribution >= 4 is 5.91 Å². The molecule has 0 bridgehead atoms. The summed E-state index contributed by atoms with van der Waals surface area (Å²) in [4.78, 5) is 13.8. The number of amides is 1. The van der Waals surface area contributed by atoms with Crippen molar-refractivity contribution in [2.75, 3.05) is 19.6 Å². The number of nitrogens with one attached hydrogen (secondary N) is 1. The molecule has 2 unspecified atom stereocenters. The van der Waals surface area contributed by atoms with Crippen molar-refractivity contribution in [2.24, 2.45) is 5.73 Å². The molecular weight excluding hydrogens is 278 g/mol. The third-order valence-electron chi connectivity index (χ3n) is 3.79. The van der Waals surface area contributed by atoms with Crippen molar-refractivity contribution in [1.29, 1.82) is 0 Å². The molecule has 1 aromatic rings. The molecule has 1 aliphatic rings. The van der Waals surface area contributed by atoms with Gasteiger partial charge in [0.15, 0.2) is 0 Å². The molecule has 1 heterocycles. The molecule has 2 atom stereocenters. The van der Waals surface area contributed by atoms with E-state index in [-0.39, 0.29) is 5.91 Å². The Morgan fingerprint density at radius 2 is 1.82 bits per heavy atom. The van der Waals surface area contributed by atoms with Gasteiger partial charge in [0.25, 0.3) is 0 Å². The Labute approximate surface area is 132 Å². The van der Waals surface area contributed by atoms with Crippen LogP contribution in [0.15, 0.2) is 24.3 Å². The molecule has 2 rings (SSSR count). The van der Waals surface area contributed by atoms with Crippen molar-refractivity contribution in [3.8, 4) is 0 Å². The number of hydrogen-bond acceptors (Lipinski definition) is 4. The van der Waals surface area contributed by atoms with Crippen LogP contribution in [-0.4, -0.2) is 42.6 Å². The molecule has 0 aromatic heterocycles. The maximum Gasteiger partial charge on any atom is 0.221 e. The van der Waals surface area contributed by atoms with E-state index in [9.17, 15) is 4.79 Å². The molecular formula is C17H27N3O2. The highest BCUT2D eigenvalue weighted by molar-refractivity contribution is 5.76. The van der Waals surface area contributed by atoms with E-state index >= 15 is 0 Å². The number of benzene rings is 1. The number of rotatable bonds is 6. The van der Waals surface area contributed by atoms with Gasteiger partial charge in [-0.15, -0.1) is 0 Å². The van der Waals surface area contributed by atoms with E-state index in [0.29, 0.717) is 31.7 Å². The van der Waals surface area contributed by atoms with Crippen LogP contribution in [0.2, 0.25) is 0 Å². The third kappa shape index (κ3) is 5.40. The molecule has 0 spiro atoms. The van der Waals surface area contributed by atoms with E-state index in [2.05, 4.69) is 48.3 Å². The molecule has 3 N–H and O–H groups in total. The van der Waals surface area contributed by atoms with E-state index in [1.165, 1.54) is 5.56 Å². The fraction of sp³-hybridized carbons (Fsp3) is 0.588. The van der Waals surface area contributed by atoms with Gasteiger partial charge in [-0.05, 0) is 25.0 Å². The van der Waals surface area contributed by atoms with Gasteiger partial charge in [0.05, 0.1) is 12.2 Å². The summed E-state index contributed by atoms with van der Waals surface area (Å²) >= 11 is 0. The Kier molecular flexibility index (Phi) is 6.36. The van der Waals surface area contributed by atoms with Gasteiger partial charge in [-0.25, -0.2) is 0 Å². The van der Waals surface area contributed by atoms with E-state index in [4.69, 9.17) is 10.5 Å². The van der Waals surface area contributed by atoms with Gasteiger partial charge in [0, 0.05) is 39.1 Å². The van der Waals surface area contributed by atoms with Crippen LogP contribution in [0.4, 0.5) is 0 Å². The molecule has 5 heteroatoms. The predicted octanol–water partition coefficient (Wildman–Crippen LogP) is 1.26. The number of ether oxygens (including phenoxy) is 1. The van der Waals surface area contributed by atoms with E-state index < -0.39 is 0 Å². The Bertz CT molecular complexity index is 465. The van der Waals surface area contributed by atoms with Gasteiger partial charge < -0.3 is 15.8 Å². The highest BCUT2D eigenvalue weighted by atomic mass is 16.5. The summed E-state index contributed by atoms with van der Waals surface area (Å²) in [7, 11) is 0. The summed E-state index contributed by atoms with van der Waals surface area (Å²) in [6.07, 6.45) is 0.965. The second-order valence-electron chi connectivity index (χ2n) is 6.08. The number of nitrogens with two attached hydrogens (primary N) is 1. The number of carbonyl (C=O) groups is 1. The minimum absolute atomic E-state index is 0.00266. The molecule has 1 aromatic carbocycles. The van der Waals surface area contributed by atoms with Crippen molar-refractivity contribution in [1.82, 2.24) is 10.2 Å². The summed E-state index contributed by atoms with van der Waals surface area (Å²) in [5.74, 6) is 0.00266. The van der Waals surface area contributed by atoms with Gasteiger partial charge >= 0.3 is 0 Å². The van der Waals surface area contributed by atoms with Crippen molar-refractivity contribution in [3.63, 3.8) is 0 Å². The fourth-order valence-corrected chi connectivity index (χ4v) is 2.85. The van der Waals surface area contributed by atoms with E-state index in [1.54, 1.807) is 0 Å². The first kappa shape index (κ1) is 16.9. The smallest absolute Gasteiger partial charge is 0.221 e. The molecule has 0 radical (unpaired) electrons. The average molecular weight is 305 g/mol. The monoisotopic (exact) mass is 305 g/mol. The molecule has 0 saturated carbocycles. The largest absolute Gasteiger partial charge is 0.373 e. The molecule has 22 heavy (non-hydrogen) atoms. The summed E-state index contributed by atoms with van der Waals surface area (Å²) in [6.45, 7) is 8.08. The van der Waals surface area contributed by atoms with Crippen LogP contribution in [0.3, 0.4) is 0 Å². The van der Waals surface area contributed by atoms with Crippen LogP contribution in [-0.2, 0) is 22.6 Å². The summed E-state index contributed by atoms with van der Waals surface area (Å²) in [6, 6.07) is 8.42. The lowest BCUT2D eigenvalue weighted by Crippen LogP contribution is -2.44. The minimum Gasteiger partial charge on any atom is -0.373 e. The summed E-state index contributed by atoms with van der Waals surface area (Å²) < 4.78 is 5.76. The van der Waals surface area contributed by atoms with Gasteiger partial charge in [0.1, 0.15) is 0 Å². The van der Waals surface area contributed by atoms with Crippen LogP contribution in [0.1, 0.15) is 31.4 Å². The zero-order chi connectivity index (χ0) is 15.9. The van der Waals surface area contributed by atoms with Crippen LogP contribution < -0.4 is 11.1 Å². The van der Waals surface area contributed by atoms with Crippen LogP contribution >= 0.6 is 0 Å². The molecule has 0 aliphatic carbocycles. The Morgan fingerprint density at radius 1 is 1.23 bits per heavy atom. The lowest BCUT2D eigenvalue weighted by Gasteiger charge is -2.35. The standard InChI is InChI=1S/C17H27N3O2/c1-13-10-20(11-14(2)22-13)12-16-5-3-15(4-6-16)9-19-17(21)7-8-18/h3-6,13-14H,7-12,18H2,1-2H3,(H,19,21). The second kappa shape index (κ2) is 8.27. The quantitative estimate of drug-likeness (QED) is 0.830. The lowest BCUT2D eigenvalue weighted by atomic mass is 10.1. The SMILES string of the molecule is CC1CN(Cc2ccc(CNC(=O)CCN)cc2)CC(C)O1. The number of morpholine rings is 1. The zero-order valence-corrected chi connectivity index (χ0v) is 13.5. The summed E-state index contributed by atoms with van der Waals surface area (Å²) in [5.41, 5.74) is 7.75. The molecule has 1 saturated heterocycles. The Balaban J connectivity index is 1.82. The topological polar surface area (TPSA) is 67.6 Å². The molecule has 1 amide bonds. The zero-order valence-electron chi connectivity index (χ0n) is 13.5. The Hall–Kier alpha value is -1.43. The van der Waals surface area contributed by atoms with Gasteiger partial charge in [-0.3, -0.25) is 9.69 Å². The maximum atomic E-state index is 11.4. The Morgan fingerprint density at radius 3 is 2.41 bits per heavy atom. The first-order valence-corrected chi connectivity index (χ1v) is 7.99. The normalized spacial score (nSPS) is 22.5. The maximum absolute atomic E-state index is 11.4. The van der Waals surface area contributed by atoms with Gasteiger partial charge in [0.2, 0.25) is 5.91 Å². The third-order valence-corrected chi connectivity index (χ3v) is 3.79. The number of nitrogens with zero attached hydrogens (tertiary/aromatic N) is 1. The highest BCUT2D eigenvalue weighted by Crippen LogP contribution is 2.14. The van der Waals surface area contributed by atoms with Crippen LogP contribution in [0, 0.1) is 0 Å². The molecule has 5 nitrogen and oxygen atoms in total. The number of hydrogen-bond donors (Lipinski definition) is 2.